The van der Waals surface area contributed by atoms with Gasteiger partial charge in [-0.05, 0) is 17.4 Å². The van der Waals surface area contributed by atoms with E-state index in [-0.39, 0.29) is 25.3 Å². The molecule has 1 aromatic heterocycles. The van der Waals surface area contributed by atoms with E-state index >= 15 is 0 Å². The van der Waals surface area contributed by atoms with Crippen molar-refractivity contribution in [2.45, 2.75) is 26.3 Å². The highest BCUT2D eigenvalue weighted by Gasteiger charge is 2.10. The number of hydrogen-bond acceptors (Lipinski definition) is 5. The monoisotopic (exact) mass is 227 g/mol. The van der Waals surface area contributed by atoms with E-state index in [1.54, 1.807) is 0 Å². The van der Waals surface area contributed by atoms with E-state index in [4.69, 9.17) is 5.11 Å². The number of carboxylic acid groups (broad SMARTS) is 1. The van der Waals surface area contributed by atoms with Gasteiger partial charge in [-0.1, -0.05) is 0 Å². The molecule has 0 saturated heterocycles. The van der Waals surface area contributed by atoms with Crippen molar-refractivity contribution in [3.05, 3.63) is 5.82 Å². The molecular weight excluding hydrogens is 214 g/mol. The summed E-state index contributed by atoms with van der Waals surface area (Å²) in [6, 6.07) is 0. The lowest BCUT2D eigenvalue weighted by atomic mass is 10.3. The van der Waals surface area contributed by atoms with Crippen molar-refractivity contribution in [2.75, 3.05) is 6.54 Å². The van der Waals surface area contributed by atoms with Gasteiger partial charge in [0.15, 0.2) is 5.82 Å². The molecule has 1 amide bonds. The number of aliphatic carboxylic acids is 1. The Balaban J connectivity index is 2.37. The maximum absolute atomic E-state index is 11.3. The Morgan fingerprint density at radius 1 is 1.50 bits per heavy atom. The van der Waals surface area contributed by atoms with Gasteiger partial charge in [0, 0.05) is 13.1 Å². The minimum Gasteiger partial charge on any atom is -0.481 e. The molecule has 1 rings (SSSR count). The molecule has 0 aromatic carbocycles. The van der Waals surface area contributed by atoms with Crippen LogP contribution in [0.4, 0.5) is 0 Å². The Kier molecular flexibility index (Phi) is 4.37. The van der Waals surface area contributed by atoms with Gasteiger partial charge in [-0.2, -0.15) is 0 Å². The summed E-state index contributed by atoms with van der Waals surface area (Å²) in [4.78, 5) is 21.6. The number of nitrogens with zero attached hydrogens (tertiary/aromatic N) is 4. The van der Waals surface area contributed by atoms with E-state index in [0.717, 1.165) is 0 Å². The average molecular weight is 227 g/mol. The van der Waals surface area contributed by atoms with Gasteiger partial charge in [-0.3, -0.25) is 9.59 Å². The van der Waals surface area contributed by atoms with Crippen molar-refractivity contribution < 1.29 is 14.7 Å². The van der Waals surface area contributed by atoms with Gasteiger partial charge in [-0.15, -0.1) is 5.10 Å². The lowest BCUT2D eigenvalue weighted by molar-refractivity contribution is -0.136. The molecule has 0 saturated carbocycles. The highest BCUT2D eigenvalue weighted by molar-refractivity contribution is 5.78. The summed E-state index contributed by atoms with van der Waals surface area (Å²) in [6.07, 6.45) is -0.0368. The first-order chi connectivity index (χ1) is 7.63. The molecule has 1 heterocycles. The fourth-order valence-corrected chi connectivity index (χ4v) is 1.11. The predicted molar refractivity (Wildman–Crippen MR) is 52.5 cm³/mol. The summed E-state index contributed by atoms with van der Waals surface area (Å²) in [5.74, 6) is -0.764. The van der Waals surface area contributed by atoms with E-state index in [9.17, 15) is 9.59 Å². The maximum atomic E-state index is 11.3. The van der Waals surface area contributed by atoms with E-state index in [1.165, 1.54) is 4.68 Å². The molecule has 16 heavy (non-hydrogen) atoms. The van der Waals surface area contributed by atoms with Crippen LogP contribution in [0.15, 0.2) is 0 Å². The van der Waals surface area contributed by atoms with Crippen LogP contribution in [0.5, 0.6) is 0 Å². The van der Waals surface area contributed by atoms with Gasteiger partial charge in [0.2, 0.25) is 5.91 Å². The third-order valence-corrected chi connectivity index (χ3v) is 1.89. The smallest absolute Gasteiger partial charge is 0.305 e. The normalized spacial score (nSPS) is 10.1. The van der Waals surface area contributed by atoms with Gasteiger partial charge in [0.05, 0.1) is 12.8 Å². The molecule has 1 aromatic rings. The molecule has 0 aliphatic heterocycles. The van der Waals surface area contributed by atoms with Gasteiger partial charge < -0.3 is 10.4 Å². The number of amides is 1. The topological polar surface area (TPSA) is 110 Å². The van der Waals surface area contributed by atoms with Gasteiger partial charge >= 0.3 is 5.97 Å². The molecule has 0 bridgehead atoms. The minimum absolute atomic E-state index is 0.0560. The highest BCUT2D eigenvalue weighted by Crippen LogP contribution is 1.93. The number of nitrogens with one attached hydrogen (secondary N) is 1. The van der Waals surface area contributed by atoms with Crippen LogP contribution in [0.1, 0.15) is 19.2 Å². The van der Waals surface area contributed by atoms with Crippen molar-refractivity contribution in [3.8, 4) is 0 Å². The fraction of sp³-hybridized carbons (Fsp3) is 0.625. The minimum atomic E-state index is -0.946. The predicted octanol–water partition coefficient (Wildman–Crippen LogP) is -1.17. The Morgan fingerprint density at radius 3 is 2.88 bits per heavy atom. The second kappa shape index (κ2) is 5.79. The Bertz CT molecular complexity index is 376. The molecule has 0 fully saturated rings. The van der Waals surface area contributed by atoms with Crippen molar-refractivity contribution in [1.82, 2.24) is 25.5 Å². The zero-order valence-corrected chi connectivity index (χ0v) is 8.88. The number of aromatic nitrogens is 4. The molecule has 0 spiro atoms. The molecule has 0 atom stereocenters. The third kappa shape index (κ3) is 3.64. The Labute approximate surface area is 91.6 Å². The van der Waals surface area contributed by atoms with E-state index in [1.807, 2.05) is 6.92 Å². The summed E-state index contributed by atoms with van der Waals surface area (Å²) >= 11 is 0. The van der Waals surface area contributed by atoms with Crippen LogP contribution in [-0.4, -0.2) is 43.7 Å². The van der Waals surface area contributed by atoms with E-state index in [0.29, 0.717) is 12.4 Å². The Hall–Kier alpha value is -1.99. The van der Waals surface area contributed by atoms with Crippen molar-refractivity contribution in [1.29, 1.82) is 0 Å². The lowest BCUT2D eigenvalue weighted by Crippen LogP contribution is -2.28. The summed E-state index contributed by atoms with van der Waals surface area (Å²) in [5.41, 5.74) is 0. The van der Waals surface area contributed by atoms with Crippen LogP contribution >= 0.6 is 0 Å². The van der Waals surface area contributed by atoms with Gasteiger partial charge in [0.1, 0.15) is 0 Å². The van der Waals surface area contributed by atoms with Crippen LogP contribution in [0.2, 0.25) is 0 Å². The third-order valence-electron chi connectivity index (χ3n) is 1.89. The molecule has 8 nitrogen and oxygen atoms in total. The molecule has 0 aliphatic carbocycles. The summed E-state index contributed by atoms with van der Waals surface area (Å²) < 4.78 is 1.51. The van der Waals surface area contributed by atoms with Crippen LogP contribution in [-0.2, 0) is 22.6 Å². The average Bonchev–Trinajstić information content (AvgIpc) is 2.64. The zero-order chi connectivity index (χ0) is 12.0. The number of carbonyl (C=O) groups is 2. The molecule has 0 radical (unpaired) electrons. The second-order valence-electron chi connectivity index (χ2n) is 3.08. The van der Waals surface area contributed by atoms with Crippen LogP contribution in [0.3, 0.4) is 0 Å². The van der Waals surface area contributed by atoms with Crippen LogP contribution in [0, 0.1) is 0 Å². The zero-order valence-electron chi connectivity index (χ0n) is 8.88. The number of carboxylic acids is 1. The van der Waals surface area contributed by atoms with Crippen LogP contribution < -0.4 is 5.32 Å². The van der Waals surface area contributed by atoms with E-state index < -0.39 is 5.97 Å². The molecule has 88 valence electrons. The number of rotatable bonds is 6. The number of carbonyl (C=O) groups excluding carboxylic acids is 1. The van der Waals surface area contributed by atoms with Crippen LogP contribution in [0.25, 0.3) is 0 Å². The van der Waals surface area contributed by atoms with Crippen molar-refractivity contribution in [3.63, 3.8) is 0 Å². The first-order valence-electron chi connectivity index (χ1n) is 4.87. The molecular formula is C8H13N5O3. The summed E-state index contributed by atoms with van der Waals surface area (Å²) in [6.45, 7) is 2.56. The fourth-order valence-electron chi connectivity index (χ4n) is 1.11. The molecule has 0 aliphatic rings. The number of aryl methyl sites for hydroxylation is 1. The van der Waals surface area contributed by atoms with Crippen molar-refractivity contribution in [2.24, 2.45) is 0 Å². The quantitative estimate of drug-likeness (QED) is 0.633. The molecule has 0 unspecified atom stereocenters. The summed E-state index contributed by atoms with van der Waals surface area (Å²) in [7, 11) is 0. The standard InChI is InChI=1S/C8H13N5O3/c1-2-13-6(10-11-12-13)5-7(14)9-4-3-8(15)16/h2-5H2,1H3,(H,9,14)(H,15,16). The summed E-state index contributed by atoms with van der Waals surface area (Å²) in [5, 5.41) is 21.7. The van der Waals surface area contributed by atoms with E-state index in [2.05, 4.69) is 20.8 Å². The first kappa shape index (κ1) is 12.1. The number of tetrazole rings is 1. The SMILES string of the molecule is CCn1nnnc1CC(=O)NCCC(=O)O. The lowest BCUT2D eigenvalue weighted by Gasteiger charge is -2.02. The second-order valence-corrected chi connectivity index (χ2v) is 3.08. The molecule has 2 N–H and O–H groups in total. The largest absolute Gasteiger partial charge is 0.481 e. The first-order valence-corrected chi connectivity index (χ1v) is 4.87. The van der Waals surface area contributed by atoms with Crippen molar-refractivity contribution >= 4 is 11.9 Å². The molecule has 8 heteroatoms. The maximum Gasteiger partial charge on any atom is 0.305 e. The Morgan fingerprint density at radius 2 is 2.25 bits per heavy atom. The van der Waals surface area contributed by atoms with Gasteiger partial charge in [0.25, 0.3) is 0 Å². The van der Waals surface area contributed by atoms with Gasteiger partial charge in [-0.25, -0.2) is 4.68 Å². The highest BCUT2D eigenvalue weighted by atomic mass is 16.4. The number of hydrogen-bond donors (Lipinski definition) is 2.